The topological polar surface area (TPSA) is 91.2 Å². The molecule has 17 heavy (non-hydrogen) atoms. The predicted molar refractivity (Wildman–Crippen MR) is 63.7 cm³/mol. The molecule has 2 atom stereocenters. The van der Waals surface area contributed by atoms with Gasteiger partial charge in [0.2, 0.25) is 5.88 Å². The summed E-state index contributed by atoms with van der Waals surface area (Å²) in [6.07, 6.45) is 4.43. The largest absolute Gasteiger partial charge is 0.472 e. The summed E-state index contributed by atoms with van der Waals surface area (Å²) in [4.78, 5) is 15.4. The summed E-state index contributed by atoms with van der Waals surface area (Å²) in [5, 5.41) is 0. The number of carbonyl (C=O) groups excluding carboxylic acids is 1. The van der Waals surface area contributed by atoms with Crippen LogP contribution in [0.1, 0.15) is 35.2 Å². The number of aromatic nitrogens is 1. The lowest BCUT2D eigenvalue weighted by molar-refractivity contribution is 0.0989. The fourth-order valence-electron chi connectivity index (χ4n) is 2.17. The van der Waals surface area contributed by atoms with E-state index in [0.717, 1.165) is 24.8 Å². The van der Waals surface area contributed by atoms with E-state index in [9.17, 15) is 4.79 Å². The first-order valence-electron chi connectivity index (χ1n) is 5.77. The van der Waals surface area contributed by atoms with E-state index >= 15 is 0 Å². The highest BCUT2D eigenvalue weighted by Crippen LogP contribution is 2.25. The second-order valence-electron chi connectivity index (χ2n) is 4.42. The molecular weight excluding hydrogens is 218 g/mol. The van der Waals surface area contributed by atoms with E-state index in [-0.39, 0.29) is 12.1 Å². The van der Waals surface area contributed by atoms with Crippen molar-refractivity contribution in [2.75, 3.05) is 0 Å². The molecule has 1 aromatic rings. The average molecular weight is 235 g/mol. The lowest BCUT2D eigenvalue weighted by Crippen LogP contribution is -2.34. The number of primary amides is 1. The maximum atomic E-state index is 11.4. The van der Waals surface area contributed by atoms with Crippen LogP contribution < -0.4 is 16.2 Å². The molecule has 0 bridgehead atoms. The smallest absolute Gasteiger partial charge is 0.254 e. The van der Waals surface area contributed by atoms with Gasteiger partial charge < -0.3 is 16.2 Å². The summed E-state index contributed by atoms with van der Waals surface area (Å²) >= 11 is 0. The van der Waals surface area contributed by atoms with E-state index in [2.05, 4.69) is 4.98 Å². The lowest BCUT2D eigenvalue weighted by atomic mass is 10.1. The second kappa shape index (κ2) is 4.71. The third-order valence-corrected chi connectivity index (χ3v) is 3.14. The minimum Gasteiger partial charge on any atom is -0.472 e. The predicted octanol–water partition coefficient (Wildman–Crippen LogP) is 0.748. The van der Waals surface area contributed by atoms with Gasteiger partial charge in [0.15, 0.2) is 0 Å². The van der Waals surface area contributed by atoms with Crippen LogP contribution in [-0.2, 0) is 0 Å². The number of nitrogens with two attached hydrogens (primary N) is 2. The Balaban J connectivity index is 2.26. The van der Waals surface area contributed by atoms with E-state index in [1.165, 1.54) is 0 Å². The van der Waals surface area contributed by atoms with Gasteiger partial charge in [-0.05, 0) is 37.8 Å². The van der Waals surface area contributed by atoms with Crippen molar-refractivity contribution in [3.8, 4) is 5.88 Å². The Kier molecular flexibility index (Phi) is 3.28. The number of rotatable bonds is 3. The van der Waals surface area contributed by atoms with Gasteiger partial charge in [0.1, 0.15) is 11.7 Å². The molecule has 5 heteroatoms. The molecule has 1 fully saturated rings. The average Bonchev–Trinajstić information content (AvgIpc) is 2.64. The van der Waals surface area contributed by atoms with Gasteiger partial charge in [-0.1, -0.05) is 0 Å². The van der Waals surface area contributed by atoms with Crippen molar-refractivity contribution >= 4 is 5.91 Å². The number of pyridine rings is 1. The molecule has 2 rings (SSSR count). The van der Waals surface area contributed by atoms with E-state index in [0.29, 0.717) is 11.4 Å². The van der Waals surface area contributed by atoms with Crippen molar-refractivity contribution in [3.05, 3.63) is 23.4 Å². The SMILES string of the molecule is Cc1ccnc(OC2CCCC2N)c1C(N)=O. The standard InChI is InChI=1S/C12H17N3O2/c1-7-5-6-15-12(10(7)11(14)16)17-9-4-2-3-8(9)13/h5-6,8-9H,2-4,13H2,1H3,(H2,14,16). The van der Waals surface area contributed by atoms with Crippen LogP contribution in [0.25, 0.3) is 0 Å². The Bertz CT molecular complexity index is 434. The zero-order valence-electron chi connectivity index (χ0n) is 9.85. The number of hydrogen-bond donors (Lipinski definition) is 2. The van der Waals surface area contributed by atoms with Crippen molar-refractivity contribution in [2.24, 2.45) is 11.5 Å². The molecule has 1 aliphatic carbocycles. The van der Waals surface area contributed by atoms with E-state index < -0.39 is 5.91 Å². The molecule has 1 amide bonds. The third-order valence-electron chi connectivity index (χ3n) is 3.14. The Morgan fingerprint density at radius 2 is 2.29 bits per heavy atom. The van der Waals surface area contributed by atoms with Crippen molar-refractivity contribution in [1.29, 1.82) is 0 Å². The molecule has 1 saturated carbocycles. The summed E-state index contributed by atoms with van der Waals surface area (Å²) in [6.45, 7) is 1.81. The third kappa shape index (κ3) is 2.39. The summed E-state index contributed by atoms with van der Waals surface area (Å²) < 4.78 is 5.72. The van der Waals surface area contributed by atoms with Crippen LogP contribution >= 0.6 is 0 Å². The Morgan fingerprint density at radius 3 is 2.88 bits per heavy atom. The van der Waals surface area contributed by atoms with Gasteiger partial charge in [-0.2, -0.15) is 0 Å². The fraction of sp³-hybridized carbons (Fsp3) is 0.500. The lowest BCUT2D eigenvalue weighted by Gasteiger charge is -2.18. The van der Waals surface area contributed by atoms with Gasteiger partial charge in [-0.25, -0.2) is 4.98 Å². The Morgan fingerprint density at radius 1 is 1.53 bits per heavy atom. The summed E-state index contributed by atoms with van der Waals surface area (Å²) in [6, 6.07) is 1.75. The molecule has 4 N–H and O–H groups in total. The molecule has 1 aromatic heterocycles. The molecule has 0 aliphatic heterocycles. The first kappa shape index (κ1) is 11.9. The first-order chi connectivity index (χ1) is 8.09. The maximum absolute atomic E-state index is 11.4. The number of hydrogen-bond acceptors (Lipinski definition) is 4. The number of ether oxygens (including phenoxy) is 1. The zero-order chi connectivity index (χ0) is 12.4. The van der Waals surface area contributed by atoms with Crippen LogP contribution in [-0.4, -0.2) is 23.0 Å². The summed E-state index contributed by atoms with van der Waals surface area (Å²) in [5.74, 6) is -0.211. The van der Waals surface area contributed by atoms with E-state index in [4.69, 9.17) is 16.2 Å². The highest BCUT2D eigenvalue weighted by Gasteiger charge is 2.27. The zero-order valence-corrected chi connectivity index (χ0v) is 9.85. The van der Waals surface area contributed by atoms with E-state index in [1.54, 1.807) is 12.3 Å². The van der Waals surface area contributed by atoms with Crippen LogP contribution in [0.4, 0.5) is 0 Å². The second-order valence-corrected chi connectivity index (χ2v) is 4.42. The van der Waals surface area contributed by atoms with Crippen LogP contribution in [0.15, 0.2) is 12.3 Å². The van der Waals surface area contributed by atoms with Crippen LogP contribution in [0.2, 0.25) is 0 Å². The number of carbonyl (C=O) groups is 1. The summed E-state index contributed by atoms with van der Waals surface area (Å²) in [5.41, 5.74) is 12.4. The van der Waals surface area contributed by atoms with Gasteiger partial charge in [0.05, 0.1) is 0 Å². The van der Waals surface area contributed by atoms with Gasteiger partial charge in [-0.15, -0.1) is 0 Å². The molecule has 2 unspecified atom stereocenters. The number of nitrogens with zero attached hydrogens (tertiary/aromatic N) is 1. The van der Waals surface area contributed by atoms with Gasteiger partial charge in [-0.3, -0.25) is 4.79 Å². The molecule has 0 saturated heterocycles. The molecule has 5 nitrogen and oxygen atoms in total. The fourth-order valence-corrected chi connectivity index (χ4v) is 2.17. The van der Waals surface area contributed by atoms with Crippen molar-refractivity contribution in [2.45, 2.75) is 38.3 Å². The molecular formula is C12H17N3O2. The molecule has 1 aliphatic rings. The van der Waals surface area contributed by atoms with Crippen LogP contribution in [0.5, 0.6) is 5.88 Å². The Hall–Kier alpha value is -1.62. The quantitative estimate of drug-likeness (QED) is 0.808. The molecule has 0 spiro atoms. The highest BCUT2D eigenvalue weighted by atomic mass is 16.5. The minimum absolute atomic E-state index is 0.0121. The van der Waals surface area contributed by atoms with Gasteiger partial charge in [0, 0.05) is 12.2 Å². The number of aryl methyl sites for hydroxylation is 1. The van der Waals surface area contributed by atoms with Gasteiger partial charge >= 0.3 is 0 Å². The van der Waals surface area contributed by atoms with E-state index in [1.807, 2.05) is 6.92 Å². The van der Waals surface area contributed by atoms with Crippen molar-refractivity contribution in [1.82, 2.24) is 4.98 Å². The monoisotopic (exact) mass is 235 g/mol. The van der Waals surface area contributed by atoms with Crippen molar-refractivity contribution in [3.63, 3.8) is 0 Å². The maximum Gasteiger partial charge on any atom is 0.254 e. The highest BCUT2D eigenvalue weighted by molar-refractivity contribution is 5.96. The van der Waals surface area contributed by atoms with Crippen molar-refractivity contribution < 1.29 is 9.53 Å². The summed E-state index contributed by atoms with van der Waals surface area (Å²) in [7, 11) is 0. The normalized spacial score (nSPS) is 23.6. The molecule has 0 aromatic carbocycles. The minimum atomic E-state index is -0.517. The molecule has 92 valence electrons. The Labute approximate surface area is 100 Å². The molecule has 1 heterocycles. The molecule has 0 radical (unpaired) electrons. The van der Waals surface area contributed by atoms with Gasteiger partial charge in [0.25, 0.3) is 5.91 Å². The number of amides is 1. The van der Waals surface area contributed by atoms with Crippen LogP contribution in [0.3, 0.4) is 0 Å². The first-order valence-corrected chi connectivity index (χ1v) is 5.77. The van der Waals surface area contributed by atoms with Crippen LogP contribution in [0, 0.1) is 6.92 Å².